The largest absolute Gasteiger partial charge is 0.348 e. The van der Waals surface area contributed by atoms with Crippen molar-refractivity contribution in [2.75, 3.05) is 36.4 Å². The zero-order chi connectivity index (χ0) is 21.4. The zero-order valence-electron chi connectivity index (χ0n) is 18.1. The minimum absolute atomic E-state index is 0.177. The van der Waals surface area contributed by atoms with E-state index < -0.39 is 11.8 Å². The van der Waals surface area contributed by atoms with Gasteiger partial charge in [0.25, 0.3) is 0 Å². The number of carbonyl (C=O) groups excluding carboxylic acids is 3. The van der Waals surface area contributed by atoms with Gasteiger partial charge in [0.1, 0.15) is 0 Å². The van der Waals surface area contributed by atoms with Gasteiger partial charge < -0.3 is 20.4 Å². The zero-order valence-corrected chi connectivity index (χ0v) is 18.1. The SMILES string of the molecule is O=C(NCC1CCN(C2CCCC2)CC1)C(=O)Nc1cc2c3c(c1)CCN3C(=O)CC2. The highest BCUT2D eigenvalue weighted by atomic mass is 16.2. The molecule has 0 spiro atoms. The molecule has 1 saturated carbocycles. The summed E-state index contributed by atoms with van der Waals surface area (Å²) < 4.78 is 0. The molecule has 2 N–H and O–H groups in total. The van der Waals surface area contributed by atoms with Gasteiger partial charge in [-0.3, -0.25) is 14.4 Å². The van der Waals surface area contributed by atoms with Gasteiger partial charge in [0.05, 0.1) is 5.69 Å². The fraction of sp³-hybridized carbons (Fsp3) is 0.625. The van der Waals surface area contributed by atoms with Crippen LogP contribution in [0.15, 0.2) is 12.1 Å². The normalized spacial score (nSPS) is 21.9. The Hall–Kier alpha value is -2.41. The predicted molar refractivity (Wildman–Crippen MR) is 119 cm³/mol. The maximum atomic E-state index is 12.4. The van der Waals surface area contributed by atoms with Crippen LogP contribution >= 0.6 is 0 Å². The Labute approximate surface area is 183 Å². The number of nitrogens with one attached hydrogen (secondary N) is 2. The van der Waals surface area contributed by atoms with E-state index in [-0.39, 0.29) is 5.91 Å². The lowest BCUT2D eigenvalue weighted by molar-refractivity contribution is -0.136. The van der Waals surface area contributed by atoms with E-state index in [2.05, 4.69) is 15.5 Å². The molecule has 0 unspecified atom stereocenters. The van der Waals surface area contributed by atoms with E-state index in [9.17, 15) is 14.4 Å². The van der Waals surface area contributed by atoms with Crippen molar-refractivity contribution in [1.29, 1.82) is 0 Å². The first-order chi connectivity index (χ1) is 15.1. The number of anilines is 2. The molecule has 7 nitrogen and oxygen atoms in total. The Morgan fingerprint density at radius 3 is 2.35 bits per heavy atom. The molecule has 1 aromatic rings. The van der Waals surface area contributed by atoms with Crippen LogP contribution in [0.25, 0.3) is 0 Å². The Morgan fingerprint density at radius 1 is 0.903 bits per heavy atom. The number of amides is 3. The third-order valence-corrected chi connectivity index (χ3v) is 7.56. The Balaban J connectivity index is 1.12. The van der Waals surface area contributed by atoms with E-state index in [1.807, 2.05) is 17.0 Å². The first-order valence-corrected chi connectivity index (χ1v) is 11.9. The number of benzene rings is 1. The monoisotopic (exact) mass is 424 g/mol. The lowest BCUT2D eigenvalue weighted by Crippen LogP contribution is -2.44. The third-order valence-electron chi connectivity index (χ3n) is 7.56. The quantitative estimate of drug-likeness (QED) is 0.727. The standard InChI is InChI=1S/C24H32N4O3/c29-21-6-5-17-13-19(14-18-9-12-28(21)22(17)18)26-24(31)23(30)25-15-16-7-10-27(11-8-16)20-3-1-2-4-20/h13-14,16,20H,1-12,15H2,(H,25,30)(H,26,31). The lowest BCUT2D eigenvalue weighted by Gasteiger charge is -2.36. The van der Waals surface area contributed by atoms with Crippen LogP contribution in [-0.2, 0) is 27.2 Å². The minimum Gasteiger partial charge on any atom is -0.348 e. The summed E-state index contributed by atoms with van der Waals surface area (Å²) in [5, 5.41) is 5.60. The van der Waals surface area contributed by atoms with Gasteiger partial charge in [-0.05, 0) is 80.8 Å². The fourth-order valence-corrected chi connectivity index (χ4v) is 5.83. The maximum Gasteiger partial charge on any atom is 0.313 e. The molecule has 3 amide bonds. The van der Waals surface area contributed by atoms with Gasteiger partial charge in [-0.2, -0.15) is 0 Å². The van der Waals surface area contributed by atoms with Crippen molar-refractivity contribution in [2.24, 2.45) is 5.92 Å². The van der Waals surface area contributed by atoms with Crippen LogP contribution in [0.5, 0.6) is 0 Å². The van der Waals surface area contributed by atoms with Gasteiger partial charge in [-0.1, -0.05) is 12.8 Å². The molecular weight excluding hydrogens is 392 g/mol. The molecule has 2 fully saturated rings. The topological polar surface area (TPSA) is 81.8 Å². The van der Waals surface area contributed by atoms with Crippen LogP contribution in [0.4, 0.5) is 11.4 Å². The van der Waals surface area contributed by atoms with E-state index in [1.165, 1.54) is 25.7 Å². The fourth-order valence-electron chi connectivity index (χ4n) is 5.83. The highest BCUT2D eigenvalue weighted by Crippen LogP contribution is 2.38. The smallest absolute Gasteiger partial charge is 0.313 e. The van der Waals surface area contributed by atoms with Gasteiger partial charge in [0, 0.05) is 31.2 Å². The molecule has 1 saturated heterocycles. The maximum absolute atomic E-state index is 12.4. The van der Waals surface area contributed by atoms with Crippen LogP contribution < -0.4 is 15.5 Å². The van der Waals surface area contributed by atoms with Crippen LogP contribution in [0.1, 0.15) is 56.1 Å². The van der Waals surface area contributed by atoms with Gasteiger partial charge >= 0.3 is 11.8 Å². The first-order valence-electron chi connectivity index (χ1n) is 11.9. The minimum atomic E-state index is -0.614. The summed E-state index contributed by atoms with van der Waals surface area (Å²) in [5.74, 6) is -0.555. The summed E-state index contributed by atoms with van der Waals surface area (Å²) in [6.07, 6.45) is 9.54. The van der Waals surface area contributed by atoms with Crippen LogP contribution in [0.3, 0.4) is 0 Å². The van der Waals surface area contributed by atoms with E-state index >= 15 is 0 Å². The molecule has 1 aromatic carbocycles. The van der Waals surface area contributed by atoms with Crippen molar-refractivity contribution >= 4 is 29.1 Å². The van der Waals surface area contributed by atoms with E-state index in [1.54, 1.807) is 0 Å². The number of carbonyl (C=O) groups is 3. The van der Waals surface area contributed by atoms with Gasteiger partial charge in [-0.15, -0.1) is 0 Å². The summed E-state index contributed by atoms with van der Waals surface area (Å²) in [4.78, 5) is 41.3. The van der Waals surface area contributed by atoms with Crippen molar-refractivity contribution in [3.63, 3.8) is 0 Å². The van der Waals surface area contributed by atoms with Crippen molar-refractivity contribution in [1.82, 2.24) is 10.2 Å². The molecule has 0 atom stereocenters. The van der Waals surface area contributed by atoms with E-state index in [0.29, 0.717) is 37.5 Å². The summed E-state index contributed by atoms with van der Waals surface area (Å²) >= 11 is 0. The summed E-state index contributed by atoms with van der Waals surface area (Å²) in [6.45, 7) is 3.49. The molecule has 31 heavy (non-hydrogen) atoms. The predicted octanol–water partition coefficient (Wildman–Crippen LogP) is 2.23. The van der Waals surface area contributed by atoms with Crippen molar-refractivity contribution < 1.29 is 14.4 Å². The Bertz CT molecular complexity index is 885. The molecule has 5 rings (SSSR count). The summed E-state index contributed by atoms with van der Waals surface area (Å²) in [5.41, 5.74) is 3.83. The van der Waals surface area contributed by atoms with E-state index in [4.69, 9.17) is 0 Å². The molecule has 0 aromatic heterocycles. The summed E-state index contributed by atoms with van der Waals surface area (Å²) in [6, 6.07) is 4.58. The highest BCUT2D eigenvalue weighted by molar-refractivity contribution is 6.39. The number of hydrogen-bond donors (Lipinski definition) is 2. The molecular formula is C24H32N4O3. The van der Waals surface area contributed by atoms with Crippen LogP contribution in [-0.4, -0.2) is 54.8 Å². The second-order valence-electron chi connectivity index (χ2n) is 9.52. The molecule has 1 aliphatic carbocycles. The average Bonchev–Trinajstić information content (AvgIpc) is 3.46. The van der Waals surface area contributed by atoms with Gasteiger partial charge in [-0.25, -0.2) is 0 Å². The highest BCUT2D eigenvalue weighted by Gasteiger charge is 2.32. The molecule has 0 bridgehead atoms. The number of rotatable bonds is 4. The van der Waals surface area contributed by atoms with Gasteiger partial charge in [0.15, 0.2) is 0 Å². The number of piperidine rings is 1. The molecule has 7 heteroatoms. The second-order valence-corrected chi connectivity index (χ2v) is 9.52. The molecule has 3 heterocycles. The Kier molecular flexibility index (Phi) is 5.69. The molecule has 0 radical (unpaired) electrons. The molecule has 3 aliphatic heterocycles. The first kappa shape index (κ1) is 20.5. The van der Waals surface area contributed by atoms with E-state index in [0.717, 1.165) is 55.2 Å². The lowest BCUT2D eigenvalue weighted by atomic mass is 9.95. The van der Waals surface area contributed by atoms with Crippen LogP contribution in [0, 0.1) is 5.92 Å². The number of nitrogens with zero attached hydrogens (tertiary/aromatic N) is 2. The van der Waals surface area contributed by atoms with Crippen molar-refractivity contribution in [3.8, 4) is 0 Å². The second kappa shape index (κ2) is 8.61. The summed E-state index contributed by atoms with van der Waals surface area (Å²) in [7, 11) is 0. The molecule has 166 valence electrons. The molecule has 4 aliphatic rings. The van der Waals surface area contributed by atoms with Crippen molar-refractivity contribution in [3.05, 3.63) is 23.3 Å². The number of hydrogen-bond acceptors (Lipinski definition) is 4. The average molecular weight is 425 g/mol. The van der Waals surface area contributed by atoms with Gasteiger partial charge in [0.2, 0.25) is 5.91 Å². The Morgan fingerprint density at radius 2 is 1.61 bits per heavy atom. The number of likely N-dealkylation sites (tertiary alicyclic amines) is 1. The van der Waals surface area contributed by atoms with Crippen LogP contribution in [0.2, 0.25) is 0 Å². The number of aryl methyl sites for hydroxylation is 1. The van der Waals surface area contributed by atoms with Crippen molar-refractivity contribution in [2.45, 2.75) is 63.8 Å². The third kappa shape index (κ3) is 4.20.